The van der Waals surface area contributed by atoms with Gasteiger partial charge < -0.3 is 4.74 Å². The highest BCUT2D eigenvalue weighted by molar-refractivity contribution is 5.98. The quantitative estimate of drug-likeness (QED) is 0.367. The minimum absolute atomic E-state index is 0.101. The van der Waals surface area contributed by atoms with Gasteiger partial charge in [-0.2, -0.15) is 0 Å². The van der Waals surface area contributed by atoms with Crippen LogP contribution in [0.2, 0.25) is 0 Å². The first-order valence-electron chi connectivity index (χ1n) is 9.88. The van der Waals surface area contributed by atoms with Crippen molar-refractivity contribution in [1.29, 1.82) is 0 Å². The Morgan fingerprint density at radius 3 is 2.08 bits per heavy atom. The molecule has 0 saturated carbocycles. The van der Waals surface area contributed by atoms with Gasteiger partial charge >= 0.3 is 0 Å². The van der Waals surface area contributed by atoms with E-state index in [4.69, 9.17) is 4.74 Å². The molecule has 2 rings (SSSR count). The third-order valence-electron chi connectivity index (χ3n) is 3.73. The molecule has 2 heteroatoms. The number of rotatable bonds is 8. The molecule has 0 aliphatic heterocycles. The van der Waals surface area contributed by atoms with Gasteiger partial charge in [-0.05, 0) is 42.3 Å². The SMILES string of the molecule is CC.CC.CCCCCCCOc1ccc2cc(C(C)=O)ccc2c1. The van der Waals surface area contributed by atoms with Crippen LogP contribution in [0.5, 0.6) is 5.75 Å². The van der Waals surface area contributed by atoms with Crippen LogP contribution in [0.4, 0.5) is 0 Å². The normalized spacial score (nSPS) is 9.52. The summed E-state index contributed by atoms with van der Waals surface area (Å²) in [5.41, 5.74) is 0.757. The van der Waals surface area contributed by atoms with Crippen molar-refractivity contribution >= 4 is 16.6 Å². The van der Waals surface area contributed by atoms with Crippen LogP contribution in [-0.2, 0) is 0 Å². The third-order valence-corrected chi connectivity index (χ3v) is 3.73. The van der Waals surface area contributed by atoms with E-state index < -0.39 is 0 Å². The second-order valence-corrected chi connectivity index (χ2v) is 5.54. The number of benzene rings is 2. The fourth-order valence-corrected chi connectivity index (χ4v) is 2.43. The molecule has 0 aliphatic rings. The summed E-state index contributed by atoms with van der Waals surface area (Å²) in [5, 5.41) is 2.20. The molecule has 0 bridgehead atoms. The highest BCUT2D eigenvalue weighted by Gasteiger charge is 2.02. The van der Waals surface area contributed by atoms with E-state index >= 15 is 0 Å². The maximum absolute atomic E-state index is 11.4. The fraction of sp³-hybridized carbons (Fsp3) is 0.522. The lowest BCUT2D eigenvalue weighted by Crippen LogP contribution is -1.97. The number of carbonyl (C=O) groups excluding carboxylic acids is 1. The van der Waals surface area contributed by atoms with Crippen molar-refractivity contribution in [2.45, 2.75) is 73.6 Å². The molecule has 0 N–H and O–H groups in total. The van der Waals surface area contributed by atoms with Gasteiger partial charge in [0.2, 0.25) is 0 Å². The molecule has 140 valence electrons. The number of carbonyl (C=O) groups is 1. The Hall–Kier alpha value is -1.83. The Labute approximate surface area is 154 Å². The summed E-state index contributed by atoms with van der Waals surface area (Å²) in [6, 6.07) is 11.9. The zero-order chi connectivity index (χ0) is 19.1. The van der Waals surface area contributed by atoms with Crippen molar-refractivity contribution in [2.75, 3.05) is 6.61 Å². The van der Waals surface area contributed by atoms with Crippen molar-refractivity contribution in [2.24, 2.45) is 0 Å². The molecule has 2 nitrogen and oxygen atoms in total. The van der Waals surface area contributed by atoms with E-state index in [1.54, 1.807) is 6.92 Å². The second kappa shape index (κ2) is 14.5. The van der Waals surface area contributed by atoms with Crippen LogP contribution in [0, 0.1) is 0 Å². The van der Waals surface area contributed by atoms with E-state index in [1.165, 1.54) is 25.7 Å². The van der Waals surface area contributed by atoms with E-state index in [9.17, 15) is 4.79 Å². The monoisotopic (exact) mass is 344 g/mol. The third kappa shape index (κ3) is 8.72. The molecular formula is C23H36O2. The first-order chi connectivity index (χ1) is 12.2. The zero-order valence-corrected chi connectivity index (χ0v) is 17.0. The van der Waals surface area contributed by atoms with Gasteiger partial charge in [0.15, 0.2) is 5.78 Å². The van der Waals surface area contributed by atoms with Crippen molar-refractivity contribution in [3.05, 3.63) is 42.0 Å². The molecule has 0 atom stereocenters. The number of hydrogen-bond donors (Lipinski definition) is 0. The minimum Gasteiger partial charge on any atom is -0.494 e. The lowest BCUT2D eigenvalue weighted by Gasteiger charge is -2.08. The molecule has 0 saturated heterocycles. The van der Waals surface area contributed by atoms with Crippen LogP contribution in [0.1, 0.15) is 84.0 Å². The second-order valence-electron chi connectivity index (χ2n) is 5.54. The van der Waals surface area contributed by atoms with Crippen molar-refractivity contribution < 1.29 is 9.53 Å². The van der Waals surface area contributed by atoms with E-state index in [0.717, 1.165) is 35.1 Å². The van der Waals surface area contributed by atoms with Crippen LogP contribution in [0.25, 0.3) is 10.8 Å². The van der Waals surface area contributed by atoms with Crippen LogP contribution in [0.3, 0.4) is 0 Å². The predicted molar refractivity (Wildman–Crippen MR) is 111 cm³/mol. The van der Waals surface area contributed by atoms with Crippen LogP contribution in [0.15, 0.2) is 36.4 Å². The van der Waals surface area contributed by atoms with Gasteiger partial charge in [-0.25, -0.2) is 0 Å². The highest BCUT2D eigenvalue weighted by atomic mass is 16.5. The minimum atomic E-state index is 0.101. The van der Waals surface area contributed by atoms with Gasteiger partial charge in [-0.15, -0.1) is 0 Å². The van der Waals surface area contributed by atoms with E-state index in [-0.39, 0.29) is 5.78 Å². The molecule has 0 amide bonds. The highest BCUT2D eigenvalue weighted by Crippen LogP contribution is 2.22. The molecule has 0 heterocycles. The zero-order valence-electron chi connectivity index (χ0n) is 17.0. The molecule has 2 aromatic rings. The molecule has 0 unspecified atom stereocenters. The summed E-state index contributed by atoms with van der Waals surface area (Å²) >= 11 is 0. The largest absolute Gasteiger partial charge is 0.494 e. The summed E-state index contributed by atoms with van der Waals surface area (Å²) in [4.78, 5) is 11.4. The topological polar surface area (TPSA) is 26.3 Å². The van der Waals surface area contributed by atoms with Gasteiger partial charge in [-0.1, -0.05) is 78.5 Å². The summed E-state index contributed by atoms with van der Waals surface area (Å²) in [7, 11) is 0. The average molecular weight is 345 g/mol. The molecule has 0 aromatic heterocycles. The van der Waals surface area contributed by atoms with Gasteiger partial charge in [0.05, 0.1) is 6.61 Å². The molecule has 0 radical (unpaired) electrons. The van der Waals surface area contributed by atoms with Crippen LogP contribution >= 0.6 is 0 Å². The van der Waals surface area contributed by atoms with Crippen molar-refractivity contribution in [3.63, 3.8) is 0 Å². The Bertz CT molecular complexity index is 602. The first-order valence-corrected chi connectivity index (χ1v) is 9.88. The molecule has 0 spiro atoms. The predicted octanol–water partition coefficient (Wildman–Crippen LogP) is 7.44. The van der Waals surface area contributed by atoms with Gasteiger partial charge in [-0.3, -0.25) is 4.79 Å². The lowest BCUT2D eigenvalue weighted by atomic mass is 10.0. The number of Topliss-reactive ketones (excluding diaryl/α,β-unsaturated/α-hetero) is 1. The molecular weight excluding hydrogens is 308 g/mol. The Balaban J connectivity index is 0.00000134. The van der Waals surface area contributed by atoms with Gasteiger partial charge in [0, 0.05) is 5.56 Å². The van der Waals surface area contributed by atoms with E-state index in [2.05, 4.69) is 6.92 Å². The van der Waals surface area contributed by atoms with Crippen LogP contribution in [-0.4, -0.2) is 12.4 Å². The maximum atomic E-state index is 11.4. The average Bonchev–Trinajstić information content (AvgIpc) is 2.67. The summed E-state index contributed by atoms with van der Waals surface area (Å²) < 4.78 is 5.81. The van der Waals surface area contributed by atoms with Crippen molar-refractivity contribution in [1.82, 2.24) is 0 Å². The lowest BCUT2D eigenvalue weighted by molar-refractivity contribution is 0.101. The number of fused-ring (bicyclic) bond motifs is 1. The number of unbranched alkanes of at least 4 members (excludes halogenated alkanes) is 4. The molecule has 2 aromatic carbocycles. The summed E-state index contributed by atoms with van der Waals surface area (Å²) in [5.74, 6) is 1.01. The Morgan fingerprint density at radius 2 is 1.44 bits per heavy atom. The number of ether oxygens (including phenoxy) is 1. The van der Waals surface area contributed by atoms with E-state index in [1.807, 2.05) is 64.1 Å². The Morgan fingerprint density at radius 1 is 0.840 bits per heavy atom. The maximum Gasteiger partial charge on any atom is 0.159 e. The standard InChI is InChI=1S/C19H24O2.2C2H6/c1-3-4-5-6-7-12-21-19-11-10-17-13-16(15(2)20)8-9-18(17)14-19;2*1-2/h8-11,13-14H,3-7,12H2,1-2H3;2*1-2H3. The molecule has 25 heavy (non-hydrogen) atoms. The Kier molecular flexibility index (Phi) is 13.4. The smallest absolute Gasteiger partial charge is 0.159 e. The van der Waals surface area contributed by atoms with Gasteiger partial charge in [0.25, 0.3) is 0 Å². The van der Waals surface area contributed by atoms with E-state index in [0.29, 0.717) is 0 Å². The number of ketones is 1. The van der Waals surface area contributed by atoms with Gasteiger partial charge in [0.1, 0.15) is 5.75 Å². The summed E-state index contributed by atoms with van der Waals surface area (Å²) in [6.07, 6.45) is 6.23. The first kappa shape index (κ1) is 23.2. The number of hydrogen-bond acceptors (Lipinski definition) is 2. The van der Waals surface area contributed by atoms with Crippen LogP contribution < -0.4 is 4.74 Å². The molecule has 0 fully saturated rings. The van der Waals surface area contributed by atoms with Crippen molar-refractivity contribution in [3.8, 4) is 5.75 Å². The fourth-order valence-electron chi connectivity index (χ4n) is 2.43. The molecule has 0 aliphatic carbocycles. The summed E-state index contributed by atoms with van der Waals surface area (Å²) in [6.45, 7) is 12.6.